The van der Waals surface area contributed by atoms with Crippen LogP contribution in [-0.2, 0) is 11.3 Å². The van der Waals surface area contributed by atoms with Crippen LogP contribution in [0.15, 0.2) is 42.7 Å². The van der Waals surface area contributed by atoms with Gasteiger partial charge in [0.2, 0.25) is 0 Å². The smallest absolute Gasteiger partial charge is 0.410 e. The summed E-state index contributed by atoms with van der Waals surface area (Å²) in [7, 11) is 0. The minimum atomic E-state index is -0.526. The highest BCUT2D eigenvalue weighted by atomic mass is 16.6. The van der Waals surface area contributed by atoms with Crippen molar-refractivity contribution in [3.8, 4) is 0 Å². The van der Waals surface area contributed by atoms with Gasteiger partial charge in [0.1, 0.15) is 5.60 Å². The lowest BCUT2D eigenvalue weighted by atomic mass is 9.78. The van der Waals surface area contributed by atoms with Gasteiger partial charge in [-0.3, -0.25) is 9.48 Å². The van der Waals surface area contributed by atoms with Crippen LogP contribution in [0.5, 0.6) is 0 Å². The summed E-state index contributed by atoms with van der Waals surface area (Å²) in [5.74, 6) is 0.0568. The molecule has 2 heterocycles. The Morgan fingerprint density at radius 3 is 2.41 bits per heavy atom. The van der Waals surface area contributed by atoms with Gasteiger partial charge in [0.05, 0.1) is 12.1 Å². The van der Waals surface area contributed by atoms with Crippen molar-refractivity contribution in [2.75, 3.05) is 19.6 Å². The molecule has 2 aromatic rings. The van der Waals surface area contributed by atoms with Gasteiger partial charge in [-0.05, 0) is 57.4 Å². The normalized spacial score (nSPS) is 18.6. The molecule has 4 rings (SSSR count). The van der Waals surface area contributed by atoms with E-state index in [9.17, 15) is 9.59 Å². The first-order chi connectivity index (χ1) is 15.3. The molecule has 0 unspecified atom stereocenters. The molecule has 0 bridgehead atoms. The summed E-state index contributed by atoms with van der Waals surface area (Å²) in [4.78, 5) is 30.2. The summed E-state index contributed by atoms with van der Waals surface area (Å²) in [5, 5.41) is 4.24. The van der Waals surface area contributed by atoms with Crippen molar-refractivity contribution >= 4 is 12.0 Å². The molecule has 7 nitrogen and oxygen atoms in total. The highest BCUT2D eigenvalue weighted by Gasteiger charge is 2.46. The van der Waals surface area contributed by atoms with Crippen molar-refractivity contribution in [1.29, 1.82) is 0 Å². The third-order valence-electron chi connectivity index (χ3n) is 6.44. The van der Waals surface area contributed by atoms with E-state index >= 15 is 0 Å². The van der Waals surface area contributed by atoms with Gasteiger partial charge in [-0.25, -0.2) is 4.79 Å². The number of hydrogen-bond donors (Lipinski definition) is 0. The van der Waals surface area contributed by atoms with E-state index in [0.29, 0.717) is 31.7 Å². The second-order valence-electron chi connectivity index (χ2n) is 10.0. The predicted octanol–water partition coefficient (Wildman–Crippen LogP) is 4.33. The maximum Gasteiger partial charge on any atom is 0.410 e. The molecule has 1 aliphatic heterocycles. The maximum absolute atomic E-state index is 13.6. The SMILES string of the molecule is CC(C)(C)OC(=O)N1CCN(C(=O)c2ccc(Cn3cccn3)cc2)C2(CCCCC2)C1. The molecule has 0 N–H and O–H groups in total. The van der Waals surface area contributed by atoms with Crippen LogP contribution < -0.4 is 0 Å². The van der Waals surface area contributed by atoms with Gasteiger partial charge in [-0.15, -0.1) is 0 Å². The molecular weight excluding hydrogens is 404 g/mol. The van der Waals surface area contributed by atoms with Gasteiger partial charge in [0.25, 0.3) is 5.91 Å². The van der Waals surface area contributed by atoms with Gasteiger partial charge >= 0.3 is 6.09 Å². The molecule has 0 radical (unpaired) electrons. The van der Waals surface area contributed by atoms with Crippen LogP contribution in [0.4, 0.5) is 4.79 Å². The Bertz CT molecular complexity index is 925. The lowest BCUT2D eigenvalue weighted by molar-refractivity contribution is -0.0309. The van der Waals surface area contributed by atoms with Crippen molar-refractivity contribution in [3.63, 3.8) is 0 Å². The molecule has 1 saturated heterocycles. The number of amides is 2. The number of ether oxygens (including phenoxy) is 1. The van der Waals surface area contributed by atoms with E-state index in [0.717, 1.165) is 31.2 Å². The molecule has 1 aliphatic carbocycles. The summed E-state index contributed by atoms with van der Waals surface area (Å²) in [5.41, 5.74) is 0.970. The van der Waals surface area contributed by atoms with Crippen LogP contribution in [0.2, 0.25) is 0 Å². The van der Waals surface area contributed by atoms with Crippen LogP contribution in [0.3, 0.4) is 0 Å². The van der Waals surface area contributed by atoms with Crippen LogP contribution >= 0.6 is 0 Å². The minimum absolute atomic E-state index is 0.0568. The molecule has 32 heavy (non-hydrogen) atoms. The average molecular weight is 439 g/mol. The molecule has 1 saturated carbocycles. The molecule has 7 heteroatoms. The van der Waals surface area contributed by atoms with Crippen molar-refractivity contribution in [2.24, 2.45) is 0 Å². The van der Waals surface area contributed by atoms with Gasteiger partial charge in [0.15, 0.2) is 0 Å². The largest absolute Gasteiger partial charge is 0.444 e. The Morgan fingerprint density at radius 2 is 1.78 bits per heavy atom. The molecule has 1 aromatic carbocycles. The average Bonchev–Trinajstić information content (AvgIpc) is 3.26. The van der Waals surface area contributed by atoms with Gasteiger partial charge in [0, 0.05) is 37.6 Å². The number of piperazine rings is 1. The first kappa shape index (κ1) is 22.4. The van der Waals surface area contributed by atoms with Crippen molar-refractivity contribution in [3.05, 3.63) is 53.9 Å². The highest BCUT2D eigenvalue weighted by molar-refractivity contribution is 5.95. The zero-order chi connectivity index (χ0) is 22.8. The quantitative estimate of drug-likeness (QED) is 0.715. The van der Waals surface area contributed by atoms with Crippen LogP contribution in [0, 0.1) is 0 Å². The van der Waals surface area contributed by atoms with E-state index in [1.165, 1.54) is 6.42 Å². The fourth-order valence-corrected chi connectivity index (χ4v) is 4.90. The monoisotopic (exact) mass is 438 g/mol. The fraction of sp³-hybridized carbons (Fsp3) is 0.560. The Labute approximate surface area is 190 Å². The van der Waals surface area contributed by atoms with Crippen molar-refractivity contribution in [1.82, 2.24) is 19.6 Å². The number of nitrogens with zero attached hydrogens (tertiary/aromatic N) is 4. The van der Waals surface area contributed by atoms with Crippen LogP contribution in [0.1, 0.15) is 68.8 Å². The van der Waals surface area contributed by atoms with Gasteiger partial charge in [-0.1, -0.05) is 31.4 Å². The first-order valence-corrected chi connectivity index (χ1v) is 11.6. The van der Waals surface area contributed by atoms with E-state index in [1.54, 1.807) is 11.1 Å². The third-order valence-corrected chi connectivity index (χ3v) is 6.44. The summed E-state index contributed by atoms with van der Waals surface area (Å²) < 4.78 is 7.49. The van der Waals surface area contributed by atoms with E-state index < -0.39 is 5.60 Å². The number of aromatic nitrogens is 2. The molecular formula is C25H34N4O3. The Hall–Kier alpha value is -2.83. The van der Waals surface area contributed by atoms with Gasteiger partial charge < -0.3 is 14.5 Å². The number of rotatable bonds is 3. The molecule has 1 aromatic heterocycles. The molecule has 1 spiro atoms. The molecule has 2 fully saturated rings. The summed E-state index contributed by atoms with van der Waals surface area (Å²) in [6.07, 6.45) is 8.60. The Kier molecular flexibility index (Phi) is 6.26. The third kappa shape index (κ3) is 4.97. The Morgan fingerprint density at radius 1 is 1.06 bits per heavy atom. The lowest BCUT2D eigenvalue weighted by Crippen LogP contribution is -2.65. The van der Waals surface area contributed by atoms with E-state index in [1.807, 2.05) is 66.9 Å². The number of hydrogen-bond acceptors (Lipinski definition) is 4. The number of benzene rings is 1. The van der Waals surface area contributed by atoms with Crippen molar-refractivity contribution < 1.29 is 14.3 Å². The zero-order valence-corrected chi connectivity index (χ0v) is 19.4. The predicted molar refractivity (Wildman–Crippen MR) is 122 cm³/mol. The summed E-state index contributed by atoms with van der Waals surface area (Å²) in [6, 6.07) is 9.73. The maximum atomic E-state index is 13.6. The van der Waals surface area contributed by atoms with Crippen molar-refractivity contribution in [2.45, 2.75) is 70.6 Å². The lowest BCUT2D eigenvalue weighted by Gasteiger charge is -2.52. The summed E-state index contributed by atoms with van der Waals surface area (Å²) in [6.45, 7) is 7.92. The van der Waals surface area contributed by atoms with E-state index in [4.69, 9.17) is 4.74 Å². The van der Waals surface area contributed by atoms with E-state index in [2.05, 4.69) is 5.10 Å². The summed E-state index contributed by atoms with van der Waals surface area (Å²) >= 11 is 0. The Balaban J connectivity index is 1.50. The first-order valence-electron chi connectivity index (χ1n) is 11.6. The second kappa shape index (κ2) is 8.96. The highest BCUT2D eigenvalue weighted by Crippen LogP contribution is 2.38. The zero-order valence-electron chi connectivity index (χ0n) is 19.4. The van der Waals surface area contributed by atoms with Crippen LogP contribution in [-0.4, -0.2) is 62.4 Å². The molecule has 0 atom stereocenters. The number of carbonyl (C=O) groups is 2. The minimum Gasteiger partial charge on any atom is -0.444 e. The molecule has 2 amide bonds. The topological polar surface area (TPSA) is 67.7 Å². The molecule has 2 aliphatic rings. The second-order valence-corrected chi connectivity index (χ2v) is 10.0. The standard InChI is InChI=1S/C25H34N4O3/c1-24(2,3)32-23(31)27-16-17-29(25(19-27)12-5-4-6-13-25)22(30)21-10-8-20(9-11-21)18-28-15-7-14-26-28/h7-11,14-15H,4-6,12-13,16-19H2,1-3H3. The van der Waals surface area contributed by atoms with E-state index in [-0.39, 0.29) is 17.5 Å². The molecule has 172 valence electrons. The number of carbonyl (C=O) groups excluding carboxylic acids is 2. The van der Waals surface area contributed by atoms with Crippen LogP contribution in [0.25, 0.3) is 0 Å². The fourth-order valence-electron chi connectivity index (χ4n) is 4.90. The van der Waals surface area contributed by atoms with Gasteiger partial charge in [-0.2, -0.15) is 5.10 Å².